The number of hydrogen-bond donors (Lipinski definition) is 0. The van der Waals surface area contributed by atoms with Crippen LogP contribution in [0.15, 0.2) is 72.8 Å². The van der Waals surface area contributed by atoms with Gasteiger partial charge in [-0.15, -0.1) is 0 Å². The summed E-state index contributed by atoms with van der Waals surface area (Å²) in [4.78, 5) is 11.9. The Morgan fingerprint density at radius 2 is 1.68 bits per heavy atom. The Bertz CT molecular complexity index is 744. The van der Waals surface area contributed by atoms with E-state index in [4.69, 9.17) is 18.9 Å². The monoisotopic (exact) mass is 382 g/mol. The highest BCUT2D eigenvalue weighted by Gasteiger charge is 2.31. The average molecular weight is 382 g/mol. The van der Waals surface area contributed by atoms with E-state index in [2.05, 4.69) is 0 Å². The molecule has 148 valence electrons. The summed E-state index contributed by atoms with van der Waals surface area (Å²) in [6, 6.07) is 19.9. The van der Waals surface area contributed by atoms with Crippen LogP contribution in [0.25, 0.3) is 0 Å². The lowest BCUT2D eigenvalue weighted by atomic mass is 10.1. The van der Waals surface area contributed by atoms with E-state index in [9.17, 15) is 4.79 Å². The second kappa shape index (κ2) is 10.8. The van der Waals surface area contributed by atoms with Gasteiger partial charge in [-0.2, -0.15) is 0 Å². The summed E-state index contributed by atoms with van der Waals surface area (Å²) in [7, 11) is 1.37. The molecule has 5 heteroatoms. The third kappa shape index (κ3) is 6.02. The van der Waals surface area contributed by atoms with Crippen LogP contribution in [0.4, 0.5) is 0 Å². The normalized spacial score (nSPS) is 19.9. The van der Waals surface area contributed by atoms with Crippen molar-refractivity contribution in [3.05, 3.63) is 83.9 Å². The Labute approximate surface area is 165 Å². The average Bonchev–Trinajstić information content (AvgIpc) is 2.77. The molecule has 0 spiro atoms. The van der Waals surface area contributed by atoms with Gasteiger partial charge in [-0.3, -0.25) is 0 Å². The van der Waals surface area contributed by atoms with Gasteiger partial charge < -0.3 is 18.9 Å². The summed E-state index contributed by atoms with van der Waals surface area (Å²) in [5, 5.41) is 0. The SMILES string of the molecule is COC(=O)C1CC=CC([C@@H](COCc2ccccc2)OCc2ccccc2)O1. The summed E-state index contributed by atoms with van der Waals surface area (Å²) >= 11 is 0. The van der Waals surface area contributed by atoms with E-state index in [1.165, 1.54) is 7.11 Å². The topological polar surface area (TPSA) is 54.0 Å². The summed E-state index contributed by atoms with van der Waals surface area (Å²) in [6.07, 6.45) is 3.04. The number of benzene rings is 2. The molecule has 0 saturated heterocycles. The van der Waals surface area contributed by atoms with Crippen LogP contribution in [0.5, 0.6) is 0 Å². The molecule has 0 radical (unpaired) electrons. The second-order valence-corrected chi connectivity index (χ2v) is 6.61. The minimum atomic E-state index is -0.614. The van der Waals surface area contributed by atoms with Crippen molar-refractivity contribution in [3.63, 3.8) is 0 Å². The van der Waals surface area contributed by atoms with Crippen molar-refractivity contribution in [1.82, 2.24) is 0 Å². The molecule has 0 aromatic heterocycles. The summed E-state index contributed by atoms with van der Waals surface area (Å²) in [5.41, 5.74) is 2.16. The van der Waals surface area contributed by atoms with Gasteiger partial charge in [-0.1, -0.05) is 72.8 Å². The Kier molecular flexibility index (Phi) is 7.79. The van der Waals surface area contributed by atoms with Gasteiger partial charge in [-0.05, 0) is 11.1 Å². The van der Waals surface area contributed by atoms with E-state index in [0.29, 0.717) is 26.2 Å². The van der Waals surface area contributed by atoms with Crippen molar-refractivity contribution in [2.24, 2.45) is 0 Å². The smallest absolute Gasteiger partial charge is 0.335 e. The van der Waals surface area contributed by atoms with Gasteiger partial charge in [0.05, 0.1) is 26.9 Å². The predicted molar refractivity (Wildman–Crippen MR) is 106 cm³/mol. The molecule has 0 aliphatic carbocycles. The molecule has 0 saturated carbocycles. The summed E-state index contributed by atoms with van der Waals surface area (Å²) < 4.78 is 22.7. The lowest BCUT2D eigenvalue weighted by Crippen LogP contribution is -2.41. The standard InChI is InChI=1S/C23H26O5/c1-25-23(24)21-14-8-13-20(28-21)22(27-16-19-11-6-3-7-12-19)17-26-15-18-9-4-2-5-10-18/h2-13,20-22H,14-17H2,1H3/t20?,21?,22-/m1/s1. The fraction of sp³-hybridized carbons (Fsp3) is 0.348. The molecule has 2 aromatic rings. The zero-order valence-corrected chi connectivity index (χ0v) is 16.0. The molecule has 1 aliphatic heterocycles. The van der Waals surface area contributed by atoms with Crippen molar-refractivity contribution in [3.8, 4) is 0 Å². The molecule has 0 amide bonds. The number of hydrogen-bond acceptors (Lipinski definition) is 5. The van der Waals surface area contributed by atoms with Gasteiger partial charge in [0.15, 0.2) is 6.10 Å². The van der Waals surface area contributed by atoms with Gasteiger partial charge in [0, 0.05) is 6.42 Å². The molecule has 2 unspecified atom stereocenters. The largest absolute Gasteiger partial charge is 0.467 e. The highest BCUT2D eigenvalue weighted by Crippen LogP contribution is 2.20. The molecule has 0 bridgehead atoms. The van der Waals surface area contributed by atoms with Crippen molar-refractivity contribution in [2.45, 2.75) is 37.9 Å². The number of carbonyl (C=O) groups excluding carboxylic acids is 1. The third-order valence-corrected chi connectivity index (χ3v) is 4.53. The first kappa shape index (κ1) is 20.3. The van der Waals surface area contributed by atoms with Gasteiger partial charge in [0.2, 0.25) is 0 Å². The predicted octanol–water partition coefficient (Wildman–Crippen LogP) is 3.68. The maximum absolute atomic E-state index is 11.9. The Balaban J connectivity index is 1.62. The maximum atomic E-state index is 11.9. The Hall–Kier alpha value is -2.47. The van der Waals surface area contributed by atoms with E-state index in [1.807, 2.05) is 72.8 Å². The van der Waals surface area contributed by atoms with Crippen LogP contribution >= 0.6 is 0 Å². The lowest BCUT2D eigenvalue weighted by Gasteiger charge is -2.30. The first-order valence-corrected chi connectivity index (χ1v) is 9.43. The third-order valence-electron chi connectivity index (χ3n) is 4.53. The molecule has 1 heterocycles. The van der Waals surface area contributed by atoms with E-state index in [1.54, 1.807) is 0 Å². The van der Waals surface area contributed by atoms with E-state index >= 15 is 0 Å². The van der Waals surface area contributed by atoms with Crippen LogP contribution in [0.3, 0.4) is 0 Å². The molecule has 0 N–H and O–H groups in total. The molecule has 5 nitrogen and oxygen atoms in total. The zero-order valence-electron chi connectivity index (χ0n) is 16.0. The zero-order chi connectivity index (χ0) is 19.6. The Morgan fingerprint density at radius 3 is 2.32 bits per heavy atom. The van der Waals surface area contributed by atoms with Crippen LogP contribution < -0.4 is 0 Å². The molecule has 3 atom stereocenters. The Morgan fingerprint density at radius 1 is 1.04 bits per heavy atom. The molecular formula is C23H26O5. The number of esters is 1. The first-order chi connectivity index (χ1) is 13.8. The van der Waals surface area contributed by atoms with Crippen molar-refractivity contribution in [1.29, 1.82) is 0 Å². The van der Waals surface area contributed by atoms with Gasteiger partial charge >= 0.3 is 5.97 Å². The minimum Gasteiger partial charge on any atom is -0.467 e. The lowest BCUT2D eigenvalue weighted by molar-refractivity contribution is -0.166. The van der Waals surface area contributed by atoms with Crippen molar-refractivity contribution >= 4 is 5.97 Å². The van der Waals surface area contributed by atoms with E-state index < -0.39 is 6.10 Å². The van der Waals surface area contributed by atoms with Gasteiger partial charge in [0.25, 0.3) is 0 Å². The highest BCUT2D eigenvalue weighted by atomic mass is 16.6. The van der Waals surface area contributed by atoms with Crippen molar-refractivity contribution in [2.75, 3.05) is 13.7 Å². The molecule has 3 rings (SSSR count). The van der Waals surface area contributed by atoms with Gasteiger partial charge in [0.1, 0.15) is 12.2 Å². The fourth-order valence-corrected chi connectivity index (χ4v) is 3.00. The number of carbonyl (C=O) groups is 1. The minimum absolute atomic E-state index is 0.340. The molecule has 1 aliphatic rings. The number of rotatable bonds is 9. The summed E-state index contributed by atoms with van der Waals surface area (Å²) in [6.45, 7) is 1.28. The second-order valence-electron chi connectivity index (χ2n) is 6.61. The first-order valence-electron chi connectivity index (χ1n) is 9.43. The quantitative estimate of drug-likeness (QED) is 0.489. The molecule has 0 fully saturated rings. The highest BCUT2D eigenvalue weighted by molar-refractivity contribution is 5.75. The fourth-order valence-electron chi connectivity index (χ4n) is 3.00. The molecule has 28 heavy (non-hydrogen) atoms. The molecule has 2 aromatic carbocycles. The van der Waals surface area contributed by atoms with E-state index in [0.717, 1.165) is 11.1 Å². The molecular weight excluding hydrogens is 356 g/mol. The van der Waals surface area contributed by atoms with Crippen LogP contribution in [-0.2, 0) is 37.0 Å². The number of ether oxygens (including phenoxy) is 4. The number of methoxy groups -OCH3 is 1. The van der Waals surface area contributed by atoms with Crippen LogP contribution in [0.2, 0.25) is 0 Å². The van der Waals surface area contributed by atoms with Gasteiger partial charge in [-0.25, -0.2) is 4.79 Å². The summed E-state index contributed by atoms with van der Waals surface area (Å²) in [5.74, 6) is -0.374. The van der Waals surface area contributed by atoms with Crippen LogP contribution in [0.1, 0.15) is 17.5 Å². The van der Waals surface area contributed by atoms with Crippen molar-refractivity contribution < 1.29 is 23.7 Å². The van der Waals surface area contributed by atoms with Crippen LogP contribution in [0, 0.1) is 0 Å². The maximum Gasteiger partial charge on any atom is 0.335 e. The van der Waals surface area contributed by atoms with E-state index in [-0.39, 0.29) is 18.2 Å². The van der Waals surface area contributed by atoms with Crippen LogP contribution in [-0.4, -0.2) is 38.0 Å².